The zero-order valence-electron chi connectivity index (χ0n) is 7.66. The predicted molar refractivity (Wildman–Crippen MR) is 24.9 cm³/mol. The Bertz CT molecular complexity index is 89.0. The monoisotopic (exact) mass is 169 g/mol. The van der Waals surface area contributed by atoms with Gasteiger partial charge in [0, 0.05) is 0 Å². The maximum atomic E-state index is 9.65. The first-order valence-electron chi connectivity index (χ1n) is 1.77. The number of hydrogen-bond acceptors (Lipinski definition) is 3. The molecule has 0 aliphatic heterocycles. The summed E-state index contributed by atoms with van der Waals surface area (Å²) in [5.41, 5.74) is 4.77. The second-order valence-corrected chi connectivity index (χ2v) is 1.13. The number of hydrogen-bond donors (Lipinski definition) is 3. The zero-order chi connectivity index (χ0) is 5.86. The van der Waals surface area contributed by atoms with Gasteiger partial charge in [-0.15, -0.1) is 0 Å². The van der Waals surface area contributed by atoms with Gasteiger partial charge in [0.25, 0.3) is 0 Å². The minimum absolute atomic E-state index is 0. The Labute approximate surface area is 121 Å². The van der Waals surface area contributed by atoms with Crippen LogP contribution in [0, 0.1) is 0 Å². The zero-order valence-corrected chi connectivity index (χ0v) is 10.8. The van der Waals surface area contributed by atoms with Gasteiger partial charge in [0.1, 0.15) is 6.04 Å². The average molecular weight is 169 g/mol. The van der Waals surface area contributed by atoms with Crippen LogP contribution in [0.1, 0.15) is 2.85 Å². The largest absolute Gasteiger partial charge is 1.00 e. The Balaban J connectivity index is -0.0000000300. The third kappa shape index (κ3) is 10.0. The summed E-state index contributed by atoms with van der Waals surface area (Å²) in [6.45, 7) is -0.505. The van der Waals surface area contributed by atoms with Crippen LogP contribution < -0.4 is 86.7 Å². The van der Waals surface area contributed by atoms with Gasteiger partial charge in [0.15, 0.2) is 0 Å². The minimum atomic E-state index is -1.18. The fourth-order valence-electron chi connectivity index (χ4n) is 0.0781. The molecule has 4 N–H and O–H groups in total. The first-order chi connectivity index (χ1) is 3.18. The standard InChI is InChI=1S/C3H7NO3.K.Na.2H/c4-2(1-5)3(6)7;;;;/h2,5H,1,4H2,(H,6,7);;;;/q;2*+1;2*-1/t2-;;;;/m0..../s1. The van der Waals surface area contributed by atoms with Crippen molar-refractivity contribution in [1.82, 2.24) is 0 Å². The van der Waals surface area contributed by atoms with Gasteiger partial charge in [-0.2, -0.15) is 0 Å². The smallest absolute Gasteiger partial charge is 1.00 e. The van der Waals surface area contributed by atoms with Crippen molar-refractivity contribution in [2.75, 3.05) is 6.61 Å². The molecule has 0 aromatic carbocycles. The summed E-state index contributed by atoms with van der Waals surface area (Å²) in [6.07, 6.45) is 0. The molecule has 0 saturated carbocycles. The van der Waals surface area contributed by atoms with Gasteiger partial charge in [0.2, 0.25) is 0 Å². The van der Waals surface area contributed by atoms with Crippen molar-refractivity contribution in [1.29, 1.82) is 0 Å². The topological polar surface area (TPSA) is 83.5 Å². The molecule has 0 rings (SSSR count). The van der Waals surface area contributed by atoms with E-state index in [0.717, 1.165) is 0 Å². The first kappa shape index (κ1) is 17.2. The van der Waals surface area contributed by atoms with Gasteiger partial charge in [-0.25, -0.2) is 0 Å². The van der Waals surface area contributed by atoms with E-state index in [-0.39, 0.29) is 83.8 Å². The molecule has 0 radical (unpaired) electrons. The van der Waals surface area contributed by atoms with Crippen LogP contribution >= 0.6 is 0 Å². The van der Waals surface area contributed by atoms with Gasteiger partial charge >= 0.3 is 86.9 Å². The summed E-state index contributed by atoms with van der Waals surface area (Å²) < 4.78 is 0. The Kier molecular flexibility index (Phi) is 19.2. The van der Waals surface area contributed by atoms with Crippen LogP contribution in [0.3, 0.4) is 0 Å². The molecule has 0 aliphatic carbocycles. The summed E-state index contributed by atoms with van der Waals surface area (Å²) in [7, 11) is 0. The van der Waals surface area contributed by atoms with Crippen molar-refractivity contribution in [3.8, 4) is 0 Å². The maximum Gasteiger partial charge on any atom is 1.00 e. The van der Waals surface area contributed by atoms with Crippen molar-refractivity contribution in [3.63, 3.8) is 0 Å². The molecule has 0 spiro atoms. The number of aliphatic hydroxyl groups is 1. The average Bonchev–Trinajstić information content (AvgIpc) is 1.65. The second kappa shape index (κ2) is 10.0. The maximum absolute atomic E-state index is 9.65. The molecule has 9 heavy (non-hydrogen) atoms. The summed E-state index contributed by atoms with van der Waals surface area (Å²) in [4.78, 5) is 9.65. The molecule has 1 atom stereocenters. The van der Waals surface area contributed by atoms with Crippen LogP contribution in [0.15, 0.2) is 0 Å². The number of aliphatic carboxylic acids is 1. The molecular formula is C3H9KNNaO3. The van der Waals surface area contributed by atoms with Crippen molar-refractivity contribution in [2.45, 2.75) is 6.04 Å². The number of aliphatic hydroxyl groups excluding tert-OH is 1. The van der Waals surface area contributed by atoms with Crippen molar-refractivity contribution < 1.29 is 98.8 Å². The molecule has 0 aliphatic rings. The summed E-state index contributed by atoms with van der Waals surface area (Å²) >= 11 is 0. The van der Waals surface area contributed by atoms with Gasteiger partial charge in [-0.05, 0) is 0 Å². The molecule has 0 bridgehead atoms. The van der Waals surface area contributed by atoms with Gasteiger partial charge in [-0.3, -0.25) is 4.79 Å². The molecule has 46 valence electrons. The number of rotatable bonds is 2. The predicted octanol–water partition coefficient (Wildman–Crippen LogP) is -7.38. The summed E-state index contributed by atoms with van der Waals surface area (Å²) in [5, 5.41) is 15.9. The Morgan fingerprint density at radius 1 is 1.78 bits per heavy atom. The van der Waals surface area contributed by atoms with Crippen LogP contribution in [0.2, 0.25) is 0 Å². The van der Waals surface area contributed by atoms with Crippen LogP contribution in [0.25, 0.3) is 0 Å². The minimum Gasteiger partial charge on any atom is -1.00 e. The van der Waals surface area contributed by atoms with Crippen LogP contribution in [0.4, 0.5) is 0 Å². The number of carboxylic acid groups (broad SMARTS) is 1. The Hall–Kier alpha value is 2.03. The molecule has 0 aromatic rings. The molecule has 0 aromatic heterocycles. The Morgan fingerprint density at radius 2 is 2.11 bits per heavy atom. The molecule has 0 saturated heterocycles. The number of carbonyl (C=O) groups is 1. The van der Waals surface area contributed by atoms with E-state index in [9.17, 15) is 4.79 Å². The SMILES string of the molecule is N[C@@H](CO)C(=O)O.[H-].[H-].[K+].[Na+]. The summed E-state index contributed by atoms with van der Waals surface area (Å²) in [6, 6.07) is -1.13. The van der Waals surface area contributed by atoms with E-state index in [1.165, 1.54) is 0 Å². The molecule has 0 amide bonds. The third-order valence-corrected chi connectivity index (χ3v) is 0.514. The van der Waals surface area contributed by atoms with Crippen molar-refractivity contribution in [3.05, 3.63) is 0 Å². The number of carboxylic acids is 1. The van der Waals surface area contributed by atoms with E-state index in [1.807, 2.05) is 0 Å². The Morgan fingerprint density at radius 3 is 2.11 bits per heavy atom. The van der Waals surface area contributed by atoms with E-state index >= 15 is 0 Å². The van der Waals surface area contributed by atoms with Crippen LogP contribution in [-0.2, 0) is 4.79 Å². The van der Waals surface area contributed by atoms with Crippen LogP contribution in [-0.4, -0.2) is 28.8 Å². The van der Waals surface area contributed by atoms with E-state index in [2.05, 4.69) is 0 Å². The van der Waals surface area contributed by atoms with Crippen LogP contribution in [0.5, 0.6) is 0 Å². The van der Waals surface area contributed by atoms with E-state index in [4.69, 9.17) is 15.9 Å². The third-order valence-electron chi connectivity index (χ3n) is 0.514. The molecule has 0 heterocycles. The molecular weight excluding hydrogens is 160 g/mol. The van der Waals surface area contributed by atoms with Gasteiger partial charge in [0.05, 0.1) is 6.61 Å². The van der Waals surface area contributed by atoms with E-state index in [1.54, 1.807) is 0 Å². The number of nitrogens with two attached hydrogens (primary N) is 1. The van der Waals surface area contributed by atoms with E-state index in [0.29, 0.717) is 0 Å². The fraction of sp³-hybridized carbons (Fsp3) is 0.667. The second-order valence-electron chi connectivity index (χ2n) is 1.13. The summed E-state index contributed by atoms with van der Waals surface area (Å²) in [5.74, 6) is -1.18. The fourth-order valence-corrected chi connectivity index (χ4v) is 0.0781. The van der Waals surface area contributed by atoms with E-state index < -0.39 is 18.6 Å². The quantitative estimate of drug-likeness (QED) is 0.359. The first-order valence-corrected chi connectivity index (χ1v) is 1.77. The van der Waals surface area contributed by atoms with Gasteiger partial charge in [-0.1, -0.05) is 0 Å². The van der Waals surface area contributed by atoms with Gasteiger partial charge < -0.3 is 18.8 Å². The van der Waals surface area contributed by atoms with Crippen molar-refractivity contribution >= 4 is 5.97 Å². The molecule has 0 fully saturated rings. The molecule has 4 nitrogen and oxygen atoms in total. The molecule has 0 unspecified atom stereocenters. The normalized spacial score (nSPS) is 10.4. The molecule has 6 heteroatoms. The van der Waals surface area contributed by atoms with Crippen molar-refractivity contribution in [2.24, 2.45) is 5.73 Å².